The normalized spacial score (nSPS) is 15.0. The number of alkyl halides is 3. The zero-order chi connectivity index (χ0) is 15.5. The second-order valence-corrected chi connectivity index (χ2v) is 5.46. The van der Waals surface area contributed by atoms with Crippen molar-refractivity contribution in [3.63, 3.8) is 0 Å². The Morgan fingerprint density at radius 2 is 2.10 bits per heavy atom. The highest BCUT2D eigenvalue weighted by Gasteiger charge is 2.33. The second kappa shape index (κ2) is 6.47. The predicted molar refractivity (Wildman–Crippen MR) is 73.7 cm³/mol. The number of amides is 1. The van der Waals surface area contributed by atoms with Gasteiger partial charge in [-0.3, -0.25) is 4.79 Å². The van der Waals surface area contributed by atoms with Gasteiger partial charge >= 0.3 is 6.18 Å². The first-order valence-electron chi connectivity index (χ1n) is 6.97. The Kier molecular flexibility index (Phi) is 4.88. The third-order valence-electron chi connectivity index (χ3n) is 3.35. The van der Waals surface area contributed by atoms with Gasteiger partial charge in [0, 0.05) is 12.6 Å². The molecule has 0 atom stereocenters. The monoisotopic (exact) mass is 300 g/mol. The van der Waals surface area contributed by atoms with Gasteiger partial charge in [-0.15, -0.1) is 0 Å². The zero-order valence-corrected chi connectivity index (χ0v) is 11.9. The maximum absolute atomic E-state index is 12.1. The lowest BCUT2D eigenvalue weighted by Gasteiger charge is -2.23. The minimum absolute atomic E-state index is 0.172. The van der Waals surface area contributed by atoms with Crippen molar-refractivity contribution >= 4 is 5.91 Å². The van der Waals surface area contributed by atoms with E-state index in [0.717, 1.165) is 24.0 Å². The van der Waals surface area contributed by atoms with Crippen LogP contribution in [0.3, 0.4) is 0 Å². The lowest BCUT2D eigenvalue weighted by molar-refractivity contribution is -0.135. The van der Waals surface area contributed by atoms with Gasteiger partial charge in [0.2, 0.25) is 5.91 Å². The molecule has 1 N–H and O–H groups in total. The lowest BCUT2D eigenvalue weighted by atomic mass is 10.1. The number of nitrogens with zero attached hydrogens (tertiary/aromatic N) is 1. The molecule has 1 fully saturated rings. The molecule has 0 bridgehead atoms. The molecule has 0 spiro atoms. The van der Waals surface area contributed by atoms with Gasteiger partial charge in [0.25, 0.3) is 0 Å². The molecule has 1 aromatic rings. The van der Waals surface area contributed by atoms with Gasteiger partial charge in [-0.1, -0.05) is 29.8 Å². The number of nitrogens with one attached hydrogen (secondary N) is 1. The summed E-state index contributed by atoms with van der Waals surface area (Å²) in [4.78, 5) is 13.8. The van der Waals surface area contributed by atoms with E-state index in [0.29, 0.717) is 6.54 Å². The fourth-order valence-electron chi connectivity index (χ4n) is 2.23. The zero-order valence-electron chi connectivity index (χ0n) is 11.9. The minimum atomic E-state index is -4.29. The Labute approximate surface area is 122 Å². The number of hydrogen-bond acceptors (Lipinski definition) is 2. The Bertz CT molecular complexity index is 498. The number of hydrogen-bond donors (Lipinski definition) is 1. The molecule has 3 nitrogen and oxygen atoms in total. The maximum Gasteiger partial charge on any atom is 0.401 e. The summed E-state index contributed by atoms with van der Waals surface area (Å²) < 4.78 is 36.2. The Balaban J connectivity index is 1.91. The molecule has 2 rings (SSSR count). The smallest absolute Gasteiger partial charge is 0.334 e. The summed E-state index contributed by atoms with van der Waals surface area (Å²) in [7, 11) is 0. The SMILES string of the molecule is Cc1cccc(CN(C(=O)CNCC(F)(F)F)C2CC2)c1. The van der Waals surface area contributed by atoms with Crippen molar-refractivity contribution in [2.45, 2.75) is 38.5 Å². The molecule has 0 aliphatic heterocycles. The molecular formula is C15H19F3N2O. The van der Waals surface area contributed by atoms with Gasteiger partial charge in [0.1, 0.15) is 0 Å². The average molecular weight is 300 g/mol. The highest BCUT2D eigenvalue weighted by molar-refractivity contribution is 5.79. The molecule has 0 unspecified atom stereocenters. The molecule has 6 heteroatoms. The van der Waals surface area contributed by atoms with Crippen molar-refractivity contribution in [2.75, 3.05) is 13.1 Å². The molecule has 1 aliphatic carbocycles. The molecular weight excluding hydrogens is 281 g/mol. The van der Waals surface area contributed by atoms with Crippen LogP contribution in [0.1, 0.15) is 24.0 Å². The third kappa shape index (κ3) is 5.38. The number of aryl methyl sites for hydroxylation is 1. The van der Waals surface area contributed by atoms with Crippen molar-refractivity contribution in [2.24, 2.45) is 0 Å². The highest BCUT2D eigenvalue weighted by atomic mass is 19.4. The van der Waals surface area contributed by atoms with E-state index in [2.05, 4.69) is 5.32 Å². The Morgan fingerprint density at radius 3 is 2.67 bits per heavy atom. The van der Waals surface area contributed by atoms with Crippen LogP contribution in [0.15, 0.2) is 24.3 Å². The molecule has 0 heterocycles. The van der Waals surface area contributed by atoms with E-state index in [1.54, 1.807) is 4.90 Å². The van der Waals surface area contributed by atoms with Crippen LogP contribution in [0.25, 0.3) is 0 Å². The van der Waals surface area contributed by atoms with Gasteiger partial charge in [0.05, 0.1) is 13.1 Å². The fraction of sp³-hybridized carbons (Fsp3) is 0.533. The van der Waals surface area contributed by atoms with Gasteiger partial charge in [-0.25, -0.2) is 0 Å². The summed E-state index contributed by atoms with van der Waals surface area (Å²) in [5.41, 5.74) is 2.11. The lowest BCUT2D eigenvalue weighted by Crippen LogP contribution is -2.41. The molecule has 1 saturated carbocycles. The first kappa shape index (κ1) is 15.8. The van der Waals surface area contributed by atoms with E-state index < -0.39 is 12.7 Å². The van der Waals surface area contributed by atoms with Crippen LogP contribution in [-0.4, -0.2) is 36.1 Å². The largest absolute Gasteiger partial charge is 0.401 e. The fourth-order valence-corrected chi connectivity index (χ4v) is 2.23. The van der Waals surface area contributed by atoms with Crippen LogP contribution < -0.4 is 5.32 Å². The minimum Gasteiger partial charge on any atom is -0.334 e. The maximum atomic E-state index is 12.1. The number of carbonyl (C=O) groups is 1. The first-order valence-corrected chi connectivity index (χ1v) is 6.97. The van der Waals surface area contributed by atoms with Crippen molar-refractivity contribution in [3.8, 4) is 0 Å². The molecule has 1 amide bonds. The highest BCUT2D eigenvalue weighted by Crippen LogP contribution is 2.28. The van der Waals surface area contributed by atoms with E-state index in [1.165, 1.54) is 0 Å². The van der Waals surface area contributed by atoms with Gasteiger partial charge in [-0.2, -0.15) is 13.2 Å². The second-order valence-electron chi connectivity index (χ2n) is 5.46. The molecule has 0 saturated heterocycles. The third-order valence-corrected chi connectivity index (χ3v) is 3.35. The number of halogens is 3. The molecule has 0 radical (unpaired) electrons. The summed E-state index contributed by atoms with van der Waals surface area (Å²) >= 11 is 0. The van der Waals surface area contributed by atoms with Crippen molar-refractivity contribution in [1.29, 1.82) is 0 Å². The van der Waals surface area contributed by atoms with Crippen LogP contribution in [0, 0.1) is 6.92 Å². The van der Waals surface area contributed by atoms with Crippen molar-refractivity contribution < 1.29 is 18.0 Å². The quantitative estimate of drug-likeness (QED) is 0.876. The number of carbonyl (C=O) groups excluding carboxylic acids is 1. The Hall–Kier alpha value is -1.56. The topological polar surface area (TPSA) is 32.3 Å². The van der Waals surface area contributed by atoms with Gasteiger partial charge in [0.15, 0.2) is 0 Å². The van der Waals surface area contributed by atoms with Crippen LogP contribution in [0.5, 0.6) is 0 Å². The summed E-state index contributed by atoms with van der Waals surface area (Å²) in [5.74, 6) is -0.275. The van der Waals surface area contributed by atoms with Crippen LogP contribution in [0.4, 0.5) is 13.2 Å². The summed E-state index contributed by atoms with van der Waals surface area (Å²) in [6.45, 7) is 1.01. The van der Waals surface area contributed by atoms with E-state index in [4.69, 9.17) is 0 Å². The summed E-state index contributed by atoms with van der Waals surface area (Å²) in [6.07, 6.45) is -2.44. The van der Waals surface area contributed by atoms with E-state index in [1.807, 2.05) is 31.2 Å². The van der Waals surface area contributed by atoms with E-state index in [-0.39, 0.29) is 18.5 Å². The Morgan fingerprint density at radius 1 is 1.38 bits per heavy atom. The molecule has 21 heavy (non-hydrogen) atoms. The van der Waals surface area contributed by atoms with E-state index >= 15 is 0 Å². The van der Waals surface area contributed by atoms with Crippen LogP contribution in [0.2, 0.25) is 0 Å². The van der Waals surface area contributed by atoms with Crippen molar-refractivity contribution in [1.82, 2.24) is 10.2 Å². The summed E-state index contributed by atoms with van der Waals surface area (Å²) in [5, 5.41) is 2.17. The first-order chi connectivity index (χ1) is 9.85. The number of rotatable bonds is 6. The van der Waals surface area contributed by atoms with Gasteiger partial charge < -0.3 is 10.2 Å². The predicted octanol–water partition coefficient (Wildman–Crippen LogP) is 2.64. The molecule has 1 aromatic carbocycles. The van der Waals surface area contributed by atoms with Crippen LogP contribution in [-0.2, 0) is 11.3 Å². The molecule has 116 valence electrons. The average Bonchev–Trinajstić information content (AvgIpc) is 3.18. The standard InChI is InChI=1S/C15H19F3N2O/c1-11-3-2-4-12(7-11)9-20(13-5-6-13)14(21)8-19-10-15(16,17)18/h2-4,7,13,19H,5-6,8-10H2,1H3. The van der Waals surface area contributed by atoms with Crippen LogP contribution >= 0.6 is 0 Å². The van der Waals surface area contributed by atoms with E-state index in [9.17, 15) is 18.0 Å². The molecule has 0 aromatic heterocycles. The molecule has 1 aliphatic rings. The van der Waals surface area contributed by atoms with Gasteiger partial charge in [-0.05, 0) is 25.3 Å². The number of benzene rings is 1. The van der Waals surface area contributed by atoms with Crippen molar-refractivity contribution in [3.05, 3.63) is 35.4 Å². The summed E-state index contributed by atoms with van der Waals surface area (Å²) in [6, 6.07) is 7.98.